The maximum Gasteiger partial charge on any atom is 0.276 e. The van der Waals surface area contributed by atoms with Crippen LogP contribution in [0.1, 0.15) is 34.6 Å². The summed E-state index contributed by atoms with van der Waals surface area (Å²) in [4.78, 5) is 12.5. The molecule has 0 spiro atoms. The zero-order valence-corrected chi connectivity index (χ0v) is 14.0. The molecule has 4 rings (SSSR count). The minimum absolute atomic E-state index is 0.168. The molecule has 0 radical (unpaired) electrons. The predicted molar refractivity (Wildman–Crippen MR) is 92.9 cm³/mol. The van der Waals surface area contributed by atoms with Crippen molar-refractivity contribution in [1.29, 1.82) is 0 Å². The van der Waals surface area contributed by atoms with Gasteiger partial charge in [-0.1, -0.05) is 6.07 Å². The first-order valence-electron chi connectivity index (χ1n) is 8.72. The molecular weight excluding hydrogens is 320 g/mol. The topological polar surface area (TPSA) is 88.3 Å². The van der Waals surface area contributed by atoms with Gasteiger partial charge in [-0.3, -0.25) is 9.89 Å². The van der Waals surface area contributed by atoms with Crippen LogP contribution in [-0.4, -0.2) is 42.0 Å². The van der Waals surface area contributed by atoms with E-state index in [0.29, 0.717) is 24.5 Å². The minimum Gasteiger partial charge on any atom is -0.491 e. The van der Waals surface area contributed by atoms with Crippen molar-refractivity contribution in [2.45, 2.75) is 31.9 Å². The second-order valence-electron chi connectivity index (χ2n) is 6.38. The molecule has 25 heavy (non-hydrogen) atoms. The van der Waals surface area contributed by atoms with Gasteiger partial charge in [-0.05, 0) is 25.0 Å². The number of carbonyl (C=O) groups excluding carboxylic acids is 1. The number of hydrogen-bond acceptors (Lipinski definition) is 5. The molecule has 1 atom stereocenters. The zero-order chi connectivity index (χ0) is 17.1. The van der Waals surface area contributed by atoms with Crippen LogP contribution in [0.4, 0.5) is 5.69 Å². The Balaban J connectivity index is 1.41. The number of hydrogen-bond donors (Lipinski definition) is 3. The number of benzene rings is 1. The van der Waals surface area contributed by atoms with E-state index in [2.05, 4.69) is 20.8 Å². The second-order valence-corrected chi connectivity index (χ2v) is 6.38. The summed E-state index contributed by atoms with van der Waals surface area (Å²) in [5.74, 6) is 0.511. The molecule has 1 aromatic heterocycles. The molecule has 132 valence electrons. The van der Waals surface area contributed by atoms with Crippen LogP contribution in [-0.2, 0) is 17.7 Å². The average Bonchev–Trinajstić information content (AvgIpc) is 3.30. The highest BCUT2D eigenvalue weighted by Crippen LogP contribution is 2.21. The van der Waals surface area contributed by atoms with Crippen LogP contribution in [0.25, 0.3) is 0 Å². The number of ether oxygens (including phenoxy) is 2. The molecule has 7 nitrogen and oxygen atoms in total. The van der Waals surface area contributed by atoms with Crippen LogP contribution in [0.15, 0.2) is 24.3 Å². The maximum absolute atomic E-state index is 12.5. The normalized spacial score (nSPS) is 19.4. The van der Waals surface area contributed by atoms with Crippen LogP contribution in [0.2, 0.25) is 0 Å². The van der Waals surface area contributed by atoms with Crippen molar-refractivity contribution in [3.63, 3.8) is 0 Å². The maximum atomic E-state index is 12.5. The fraction of sp³-hybridized carbons (Fsp3) is 0.444. The predicted octanol–water partition coefficient (Wildman–Crippen LogP) is 1.87. The minimum atomic E-state index is -0.211. The van der Waals surface area contributed by atoms with Crippen LogP contribution in [0, 0.1) is 0 Å². The Morgan fingerprint density at radius 2 is 2.40 bits per heavy atom. The summed E-state index contributed by atoms with van der Waals surface area (Å²) in [5, 5.41) is 13.3. The summed E-state index contributed by atoms with van der Waals surface area (Å²) >= 11 is 0. The van der Waals surface area contributed by atoms with E-state index >= 15 is 0 Å². The van der Waals surface area contributed by atoms with Crippen LogP contribution in [0.5, 0.6) is 5.75 Å². The molecule has 0 aliphatic carbocycles. The number of anilines is 1. The molecule has 1 fully saturated rings. The van der Waals surface area contributed by atoms with Gasteiger partial charge in [-0.2, -0.15) is 5.10 Å². The van der Waals surface area contributed by atoms with E-state index in [-0.39, 0.29) is 12.0 Å². The molecule has 3 N–H and O–H groups in total. The number of amides is 1. The lowest BCUT2D eigenvalue weighted by molar-refractivity contribution is 0.0680. The third-order valence-electron chi connectivity index (χ3n) is 4.57. The average molecular weight is 342 g/mol. The highest BCUT2D eigenvalue weighted by molar-refractivity contribution is 6.04. The van der Waals surface area contributed by atoms with Crippen molar-refractivity contribution < 1.29 is 14.3 Å². The molecular formula is C18H22N4O3. The summed E-state index contributed by atoms with van der Waals surface area (Å²) < 4.78 is 11.3. The lowest BCUT2D eigenvalue weighted by Crippen LogP contribution is -2.25. The van der Waals surface area contributed by atoms with Gasteiger partial charge < -0.3 is 20.1 Å². The van der Waals surface area contributed by atoms with Gasteiger partial charge in [0.1, 0.15) is 12.4 Å². The van der Waals surface area contributed by atoms with Crippen molar-refractivity contribution in [3.05, 3.63) is 41.2 Å². The summed E-state index contributed by atoms with van der Waals surface area (Å²) in [7, 11) is 0. The van der Waals surface area contributed by atoms with E-state index in [9.17, 15) is 4.79 Å². The van der Waals surface area contributed by atoms with Crippen molar-refractivity contribution in [1.82, 2.24) is 15.5 Å². The first-order chi connectivity index (χ1) is 12.3. The van der Waals surface area contributed by atoms with E-state index in [0.717, 1.165) is 49.4 Å². The summed E-state index contributed by atoms with van der Waals surface area (Å²) in [6.07, 6.45) is 3.16. The quantitative estimate of drug-likeness (QED) is 0.772. The highest BCUT2D eigenvalue weighted by atomic mass is 16.5. The van der Waals surface area contributed by atoms with Crippen LogP contribution in [0.3, 0.4) is 0 Å². The van der Waals surface area contributed by atoms with Gasteiger partial charge in [0.25, 0.3) is 5.91 Å². The van der Waals surface area contributed by atoms with Crippen molar-refractivity contribution in [2.24, 2.45) is 0 Å². The fourth-order valence-electron chi connectivity index (χ4n) is 3.23. The third kappa shape index (κ3) is 3.67. The Morgan fingerprint density at radius 3 is 3.28 bits per heavy atom. The number of fused-ring (bicyclic) bond motifs is 1. The fourth-order valence-corrected chi connectivity index (χ4v) is 3.23. The highest BCUT2D eigenvalue weighted by Gasteiger charge is 2.21. The molecule has 2 aliphatic rings. The van der Waals surface area contributed by atoms with E-state index in [4.69, 9.17) is 9.47 Å². The van der Waals surface area contributed by atoms with Crippen molar-refractivity contribution >= 4 is 11.6 Å². The number of carbonyl (C=O) groups is 1. The SMILES string of the molecule is O=C(Nc1cccc(OCC2CCCO2)c1)c1n[nH]c2c1CNCC2. The van der Waals surface area contributed by atoms with Gasteiger partial charge in [0.05, 0.1) is 6.10 Å². The standard InChI is InChI=1S/C18H22N4O3/c23-18(17-15-10-19-7-6-16(15)21-22-17)20-12-3-1-4-13(9-12)25-11-14-5-2-8-24-14/h1,3-4,9,14,19H,2,5-8,10-11H2,(H,20,23)(H,21,22). The van der Waals surface area contributed by atoms with Crippen LogP contribution < -0.4 is 15.4 Å². The summed E-state index contributed by atoms with van der Waals surface area (Å²) in [6.45, 7) is 2.92. The first-order valence-corrected chi connectivity index (χ1v) is 8.72. The van der Waals surface area contributed by atoms with Crippen molar-refractivity contribution in [3.8, 4) is 5.75 Å². The van der Waals surface area contributed by atoms with E-state index in [1.165, 1.54) is 0 Å². The smallest absolute Gasteiger partial charge is 0.276 e. The second kappa shape index (κ2) is 7.25. The molecule has 7 heteroatoms. The molecule has 1 amide bonds. The molecule has 0 bridgehead atoms. The Hall–Kier alpha value is -2.38. The van der Waals surface area contributed by atoms with Gasteiger partial charge in [0.15, 0.2) is 5.69 Å². The number of aromatic nitrogens is 2. The van der Waals surface area contributed by atoms with Gasteiger partial charge in [-0.15, -0.1) is 0 Å². The molecule has 1 saturated heterocycles. The number of H-pyrrole nitrogens is 1. The van der Waals surface area contributed by atoms with E-state index in [1.54, 1.807) is 0 Å². The van der Waals surface area contributed by atoms with E-state index in [1.807, 2.05) is 24.3 Å². The first kappa shape index (κ1) is 16.1. The molecule has 2 aromatic rings. The van der Waals surface area contributed by atoms with Gasteiger partial charge in [0.2, 0.25) is 0 Å². The molecule has 2 aliphatic heterocycles. The number of nitrogens with one attached hydrogen (secondary N) is 3. The Labute approximate surface area is 146 Å². The van der Waals surface area contributed by atoms with Crippen LogP contribution >= 0.6 is 0 Å². The third-order valence-corrected chi connectivity index (χ3v) is 4.57. The van der Waals surface area contributed by atoms with E-state index < -0.39 is 0 Å². The van der Waals surface area contributed by atoms with Crippen molar-refractivity contribution in [2.75, 3.05) is 25.1 Å². The summed E-state index contributed by atoms with van der Waals surface area (Å²) in [5.41, 5.74) is 3.13. The number of aromatic amines is 1. The Morgan fingerprint density at radius 1 is 1.44 bits per heavy atom. The lowest BCUT2D eigenvalue weighted by atomic mass is 10.1. The Bertz CT molecular complexity index is 753. The largest absolute Gasteiger partial charge is 0.491 e. The van der Waals surface area contributed by atoms with Gasteiger partial charge >= 0.3 is 0 Å². The zero-order valence-electron chi connectivity index (χ0n) is 14.0. The molecule has 1 unspecified atom stereocenters. The van der Waals surface area contributed by atoms with Gasteiger partial charge in [0, 0.05) is 49.1 Å². The molecule has 1 aromatic carbocycles. The number of rotatable bonds is 5. The number of nitrogens with zero attached hydrogens (tertiary/aromatic N) is 1. The summed E-state index contributed by atoms with van der Waals surface area (Å²) in [6, 6.07) is 7.41. The molecule has 0 saturated carbocycles. The van der Waals surface area contributed by atoms with Gasteiger partial charge in [-0.25, -0.2) is 0 Å². The lowest BCUT2D eigenvalue weighted by Gasteiger charge is -2.14. The molecule has 3 heterocycles. The monoisotopic (exact) mass is 342 g/mol. The Kier molecular flexibility index (Phi) is 4.67.